The van der Waals surface area contributed by atoms with E-state index in [2.05, 4.69) is 26.1 Å². The van der Waals surface area contributed by atoms with Crippen molar-refractivity contribution in [2.45, 2.75) is 53.0 Å². The maximum Gasteiger partial charge on any atom is 0.128 e. The monoisotopic (exact) mass is 269 g/mol. The third-order valence-electron chi connectivity index (χ3n) is 3.33. The highest BCUT2D eigenvalue weighted by Gasteiger charge is 2.17. The summed E-state index contributed by atoms with van der Waals surface area (Å²) in [7, 11) is 0. The van der Waals surface area contributed by atoms with Crippen molar-refractivity contribution in [1.82, 2.24) is 5.32 Å². The summed E-state index contributed by atoms with van der Waals surface area (Å²) in [5, 5.41) is 3.32. The zero-order chi connectivity index (χ0) is 14.4. The Bertz CT molecular complexity index is 402. The van der Waals surface area contributed by atoms with Crippen molar-refractivity contribution in [2.24, 2.45) is 5.92 Å². The van der Waals surface area contributed by atoms with Gasteiger partial charge in [0.05, 0.1) is 0 Å². The lowest BCUT2D eigenvalue weighted by Gasteiger charge is -2.21. The molecule has 0 aliphatic heterocycles. The molecule has 0 aromatic heterocycles. The summed E-state index contributed by atoms with van der Waals surface area (Å²) in [6.07, 6.45) is 2.81. The molecule has 0 bridgehead atoms. The van der Waals surface area contributed by atoms with Gasteiger partial charge < -0.3 is 5.32 Å². The van der Waals surface area contributed by atoms with Gasteiger partial charge in [0, 0.05) is 11.6 Å². The standard InChI is InChI=1S/C16H25F2N/c1-5-8-19-16(7-6-11(2)3)13-10-14(17)12(4)9-15(13)18/h9-11,16,19H,5-8H2,1-4H3. The van der Waals surface area contributed by atoms with Crippen LogP contribution in [0, 0.1) is 24.5 Å². The van der Waals surface area contributed by atoms with Crippen LogP contribution in [-0.2, 0) is 0 Å². The molecule has 108 valence electrons. The predicted molar refractivity (Wildman–Crippen MR) is 76.2 cm³/mol. The van der Waals surface area contributed by atoms with E-state index in [1.54, 1.807) is 6.92 Å². The first-order valence-corrected chi connectivity index (χ1v) is 7.14. The average molecular weight is 269 g/mol. The van der Waals surface area contributed by atoms with Crippen LogP contribution in [0.15, 0.2) is 12.1 Å². The number of hydrogen-bond donors (Lipinski definition) is 1. The molecule has 0 aliphatic rings. The molecule has 0 saturated heterocycles. The molecule has 1 atom stereocenters. The summed E-state index contributed by atoms with van der Waals surface area (Å²) in [6.45, 7) is 8.76. The highest BCUT2D eigenvalue weighted by Crippen LogP contribution is 2.25. The van der Waals surface area contributed by atoms with Crippen LogP contribution < -0.4 is 5.32 Å². The SMILES string of the molecule is CCCNC(CCC(C)C)c1cc(F)c(C)cc1F. The highest BCUT2D eigenvalue weighted by molar-refractivity contribution is 5.27. The van der Waals surface area contributed by atoms with Gasteiger partial charge >= 0.3 is 0 Å². The first-order chi connectivity index (χ1) is 8.95. The zero-order valence-electron chi connectivity index (χ0n) is 12.4. The number of aryl methyl sites for hydroxylation is 1. The fraction of sp³-hybridized carbons (Fsp3) is 0.625. The Morgan fingerprint density at radius 1 is 1.11 bits per heavy atom. The molecule has 0 saturated carbocycles. The summed E-state index contributed by atoms with van der Waals surface area (Å²) in [4.78, 5) is 0. The number of rotatable bonds is 7. The van der Waals surface area contributed by atoms with Crippen molar-refractivity contribution in [3.8, 4) is 0 Å². The summed E-state index contributed by atoms with van der Waals surface area (Å²) in [5.41, 5.74) is 0.816. The molecular weight excluding hydrogens is 244 g/mol. The molecule has 1 unspecified atom stereocenters. The Kier molecular flexibility index (Phi) is 6.43. The first kappa shape index (κ1) is 16.1. The molecule has 0 radical (unpaired) electrons. The topological polar surface area (TPSA) is 12.0 Å². The third-order valence-corrected chi connectivity index (χ3v) is 3.33. The maximum absolute atomic E-state index is 14.0. The summed E-state index contributed by atoms with van der Waals surface area (Å²) >= 11 is 0. The van der Waals surface area contributed by atoms with E-state index in [-0.39, 0.29) is 17.7 Å². The van der Waals surface area contributed by atoms with Crippen LogP contribution in [0.5, 0.6) is 0 Å². The summed E-state index contributed by atoms with van der Waals surface area (Å²) < 4.78 is 27.7. The average Bonchev–Trinajstić information content (AvgIpc) is 2.34. The number of hydrogen-bond acceptors (Lipinski definition) is 1. The lowest BCUT2D eigenvalue weighted by molar-refractivity contribution is 0.424. The smallest absolute Gasteiger partial charge is 0.128 e. The fourth-order valence-electron chi connectivity index (χ4n) is 2.11. The van der Waals surface area contributed by atoms with E-state index < -0.39 is 0 Å². The van der Waals surface area contributed by atoms with Crippen LogP contribution in [0.1, 0.15) is 57.2 Å². The van der Waals surface area contributed by atoms with E-state index in [0.717, 1.165) is 25.8 Å². The largest absolute Gasteiger partial charge is 0.310 e. The van der Waals surface area contributed by atoms with E-state index >= 15 is 0 Å². The van der Waals surface area contributed by atoms with Gasteiger partial charge in [-0.25, -0.2) is 8.78 Å². The Morgan fingerprint density at radius 3 is 2.37 bits per heavy atom. The molecule has 1 nitrogen and oxygen atoms in total. The van der Waals surface area contributed by atoms with Crippen LogP contribution in [0.4, 0.5) is 8.78 Å². The van der Waals surface area contributed by atoms with Crippen molar-refractivity contribution in [3.05, 3.63) is 34.9 Å². The molecular formula is C16H25F2N. The van der Waals surface area contributed by atoms with Crippen LogP contribution in [0.2, 0.25) is 0 Å². The lowest BCUT2D eigenvalue weighted by Crippen LogP contribution is -2.24. The number of halogens is 2. The van der Waals surface area contributed by atoms with E-state index in [9.17, 15) is 8.78 Å². The van der Waals surface area contributed by atoms with Crippen molar-refractivity contribution in [2.75, 3.05) is 6.54 Å². The molecule has 1 aromatic carbocycles. The molecule has 1 rings (SSSR count). The first-order valence-electron chi connectivity index (χ1n) is 7.14. The van der Waals surface area contributed by atoms with Gasteiger partial charge in [-0.1, -0.05) is 20.8 Å². The summed E-state index contributed by atoms with van der Waals surface area (Å²) in [5.74, 6) is -0.0789. The van der Waals surface area contributed by atoms with Gasteiger partial charge in [0.25, 0.3) is 0 Å². The molecule has 19 heavy (non-hydrogen) atoms. The van der Waals surface area contributed by atoms with Crippen molar-refractivity contribution in [3.63, 3.8) is 0 Å². The summed E-state index contributed by atoms with van der Waals surface area (Å²) in [6, 6.07) is 2.54. The molecule has 0 spiro atoms. The zero-order valence-corrected chi connectivity index (χ0v) is 12.4. The second-order valence-electron chi connectivity index (χ2n) is 5.60. The van der Waals surface area contributed by atoms with E-state index in [4.69, 9.17) is 0 Å². The Hall–Kier alpha value is -0.960. The second kappa shape index (κ2) is 7.59. The molecule has 0 aliphatic carbocycles. The minimum Gasteiger partial charge on any atom is -0.310 e. The lowest BCUT2D eigenvalue weighted by atomic mass is 9.96. The van der Waals surface area contributed by atoms with E-state index in [1.165, 1.54) is 12.1 Å². The molecule has 0 fully saturated rings. The molecule has 0 heterocycles. The number of benzene rings is 1. The van der Waals surface area contributed by atoms with E-state index in [0.29, 0.717) is 17.0 Å². The predicted octanol–water partition coefficient (Wildman–Crippen LogP) is 4.75. The fourth-order valence-corrected chi connectivity index (χ4v) is 2.11. The van der Waals surface area contributed by atoms with Gasteiger partial charge in [0.2, 0.25) is 0 Å². The Labute approximate surface area is 115 Å². The maximum atomic E-state index is 14.0. The van der Waals surface area contributed by atoms with Crippen molar-refractivity contribution >= 4 is 0 Å². The Balaban J connectivity index is 2.92. The van der Waals surface area contributed by atoms with Crippen LogP contribution >= 0.6 is 0 Å². The van der Waals surface area contributed by atoms with Crippen LogP contribution in [0.3, 0.4) is 0 Å². The molecule has 0 amide bonds. The Morgan fingerprint density at radius 2 is 1.79 bits per heavy atom. The molecule has 3 heteroatoms. The van der Waals surface area contributed by atoms with Gasteiger partial charge in [-0.2, -0.15) is 0 Å². The van der Waals surface area contributed by atoms with E-state index in [1.807, 2.05) is 0 Å². The van der Waals surface area contributed by atoms with Crippen molar-refractivity contribution < 1.29 is 8.78 Å². The number of nitrogens with one attached hydrogen (secondary N) is 1. The molecule has 1 aromatic rings. The van der Waals surface area contributed by atoms with Gasteiger partial charge in [0.1, 0.15) is 11.6 Å². The highest BCUT2D eigenvalue weighted by atomic mass is 19.1. The second-order valence-corrected chi connectivity index (χ2v) is 5.60. The molecule has 1 N–H and O–H groups in total. The quantitative estimate of drug-likeness (QED) is 0.753. The van der Waals surface area contributed by atoms with Gasteiger partial charge in [0.15, 0.2) is 0 Å². The van der Waals surface area contributed by atoms with Crippen LogP contribution in [0.25, 0.3) is 0 Å². The van der Waals surface area contributed by atoms with Gasteiger partial charge in [-0.05, 0) is 56.3 Å². The van der Waals surface area contributed by atoms with Crippen LogP contribution in [-0.4, -0.2) is 6.54 Å². The minimum atomic E-state index is -0.329. The normalized spacial score (nSPS) is 13.0. The third kappa shape index (κ3) is 4.90. The van der Waals surface area contributed by atoms with Gasteiger partial charge in [-0.15, -0.1) is 0 Å². The van der Waals surface area contributed by atoms with Gasteiger partial charge in [-0.3, -0.25) is 0 Å². The minimum absolute atomic E-state index is 0.0996. The van der Waals surface area contributed by atoms with Crippen molar-refractivity contribution in [1.29, 1.82) is 0 Å².